The number of benzene rings is 10. The third-order valence-corrected chi connectivity index (χ3v) is 14.3. The zero-order valence-electron chi connectivity index (χ0n) is 36.9. The Bertz CT molecular complexity index is 4070. The van der Waals surface area contributed by atoms with Crippen molar-refractivity contribution in [2.75, 3.05) is 0 Å². The third kappa shape index (κ3) is 5.58. The van der Waals surface area contributed by atoms with Gasteiger partial charge < -0.3 is 9.13 Å². The van der Waals surface area contributed by atoms with Gasteiger partial charge in [-0.3, -0.25) is 0 Å². The van der Waals surface area contributed by atoms with E-state index in [0.717, 1.165) is 44.4 Å². The van der Waals surface area contributed by atoms with Gasteiger partial charge in [-0.05, 0) is 105 Å². The van der Waals surface area contributed by atoms with Crippen LogP contribution in [0.25, 0.3) is 122 Å². The lowest BCUT2D eigenvalue weighted by atomic mass is 9.81. The molecule has 3 heterocycles. The molecule has 0 unspecified atom stereocenters. The predicted octanol–water partition coefficient (Wildman–Crippen LogP) is 15.7. The molecule has 5 nitrogen and oxygen atoms in total. The van der Waals surface area contributed by atoms with E-state index in [0.29, 0.717) is 17.5 Å². The molecule has 0 amide bonds. The van der Waals surface area contributed by atoms with Crippen molar-refractivity contribution >= 4 is 65.2 Å². The first-order valence-electron chi connectivity index (χ1n) is 23.0. The first-order chi connectivity index (χ1) is 33.0. The minimum absolute atomic E-state index is 0.212. The first-order valence-corrected chi connectivity index (χ1v) is 23.0. The van der Waals surface area contributed by atoms with Gasteiger partial charge in [0.15, 0.2) is 17.5 Å². The fourth-order valence-corrected chi connectivity index (χ4v) is 11.1. The van der Waals surface area contributed by atoms with Crippen LogP contribution in [0, 0.1) is 0 Å². The van der Waals surface area contributed by atoms with Crippen LogP contribution in [-0.2, 0) is 5.41 Å². The second-order valence-electron chi connectivity index (χ2n) is 18.4. The Labute approximate surface area is 386 Å². The average molecular weight is 856 g/mol. The molecule has 10 aromatic carbocycles. The summed E-state index contributed by atoms with van der Waals surface area (Å²) in [6.45, 7) is 4.77. The highest BCUT2D eigenvalue weighted by molar-refractivity contribution is 6.15. The molecule has 0 saturated heterocycles. The minimum atomic E-state index is -0.212. The molecule has 14 rings (SSSR count). The highest BCUT2D eigenvalue weighted by Gasteiger charge is 2.37. The maximum atomic E-state index is 5.18. The van der Waals surface area contributed by atoms with Crippen LogP contribution in [0.4, 0.5) is 0 Å². The van der Waals surface area contributed by atoms with E-state index in [9.17, 15) is 0 Å². The number of aromatic nitrogens is 5. The summed E-state index contributed by atoms with van der Waals surface area (Å²) in [7, 11) is 0. The van der Waals surface area contributed by atoms with Crippen LogP contribution in [0.5, 0.6) is 0 Å². The minimum Gasteiger partial charge on any atom is -0.309 e. The number of hydrogen-bond acceptors (Lipinski definition) is 3. The van der Waals surface area contributed by atoms with Crippen molar-refractivity contribution in [3.63, 3.8) is 0 Å². The van der Waals surface area contributed by atoms with Crippen LogP contribution in [0.1, 0.15) is 25.0 Å². The summed E-state index contributed by atoms with van der Waals surface area (Å²) in [6.07, 6.45) is 0. The average Bonchev–Trinajstić information content (AvgIpc) is 3.97. The monoisotopic (exact) mass is 855 g/mol. The maximum Gasteiger partial charge on any atom is 0.164 e. The van der Waals surface area contributed by atoms with E-state index in [4.69, 9.17) is 15.0 Å². The van der Waals surface area contributed by atoms with Gasteiger partial charge in [0.1, 0.15) is 0 Å². The quantitative estimate of drug-likeness (QED) is 0.173. The fourth-order valence-electron chi connectivity index (χ4n) is 11.1. The van der Waals surface area contributed by atoms with Crippen LogP contribution in [0.2, 0.25) is 0 Å². The second-order valence-corrected chi connectivity index (χ2v) is 18.4. The smallest absolute Gasteiger partial charge is 0.164 e. The molecule has 0 spiro atoms. The van der Waals surface area contributed by atoms with Crippen molar-refractivity contribution in [1.29, 1.82) is 0 Å². The van der Waals surface area contributed by atoms with Crippen LogP contribution in [0.15, 0.2) is 212 Å². The Morgan fingerprint density at radius 2 is 0.836 bits per heavy atom. The van der Waals surface area contributed by atoms with E-state index < -0.39 is 0 Å². The molecule has 0 bridgehead atoms. The molecular weight excluding hydrogens is 815 g/mol. The lowest BCUT2D eigenvalue weighted by Crippen LogP contribution is -2.15. The SMILES string of the molecule is CC1(C)c2cc3ccccc3cc2-c2cc3c4cc(-n5c6ccccc6c6ccccc65)ccc4n(-c4ccc(-c5nc(-c6ccccc6)nc(-c6ccccc6)n5)c5ccccc45)c3cc21. The Morgan fingerprint density at radius 3 is 1.51 bits per heavy atom. The predicted molar refractivity (Wildman–Crippen MR) is 277 cm³/mol. The summed E-state index contributed by atoms with van der Waals surface area (Å²) in [5, 5.41) is 9.64. The van der Waals surface area contributed by atoms with Gasteiger partial charge in [-0.25, -0.2) is 15.0 Å². The van der Waals surface area contributed by atoms with Gasteiger partial charge in [0.2, 0.25) is 0 Å². The number of fused-ring (bicyclic) bond motifs is 11. The van der Waals surface area contributed by atoms with Crippen LogP contribution < -0.4 is 0 Å². The summed E-state index contributed by atoms with van der Waals surface area (Å²) in [4.78, 5) is 15.4. The largest absolute Gasteiger partial charge is 0.309 e. The normalized spacial score (nSPS) is 13.0. The number of rotatable bonds is 5. The van der Waals surface area contributed by atoms with E-state index in [2.05, 4.69) is 199 Å². The molecule has 1 aliphatic carbocycles. The zero-order chi connectivity index (χ0) is 44.4. The fraction of sp³-hybridized carbons (Fsp3) is 0.0484. The Balaban J connectivity index is 1.04. The van der Waals surface area contributed by atoms with Crippen molar-refractivity contribution in [1.82, 2.24) is 24.1 Å². The van der Waals surface area contributed by atoms with Crippen molar-refractivity contribution in [2.24, 2.45) is 0 Å². The van der Waals surface area contributed by atoms with Crippen LogP contribution in [0.3, 0.4) is 0 Å². The van der Waals surface area contributed by atoms with Gasteiger partial charge in [0.25, 0.3) is 0 Å². The van der Waals surface area contributed by atoms with Gasteiger partial charge in [0.05, 0.1) is 27.8 Å². The molecule has 0 N–H and O–H groups in total. The molecule has 0 atom stereocenters. The van der Waals surface area contributed by atoms with Crippen molar-refractivity contribution in [3.8, 4) is 56.7 Å². The van der Waals surface area contributed by atoms with Crippen molar-refractivity contribution in [2.45, 2.75) is 19.3 Å². The molecule has 67 heavy (non-hydrogen) atoms. The molecule has 5 heteroatoms. The van der Waals surface area contributed by atoms with Gasteiger partial charge in [0, 0.05) is 54.7 Å². The van der Waals surface area contributed by atoms with Crippen molar-refractivity contribution < 1.29 is 0 Å². The molecule has 0 fully saturated rings. The highest BCUT2D eigenvalue weighted by Crippen LogP contribution is 2.52. The zero-order valence-corrected chi connectivity index (χ0v) is 36.9. The molecule has 13 aromatic rings. The Morgan fingerprint density at radius 1 is 0.328 bits per heavy atom. The standard InChI is InChI=1S/C62H41N5/c1-62(2)52-34-41-22-10-9-21-40(41)33-48(52)49-36-51-50-35-42(66-54-27-15-13-25-45(54)46-26-14-16-28-55(46)66)29-31-57(50)67(58(51)37-53(49)62)56-32-30-47(43-23-11-12-24-44(43)56)61-64-59(38-17-5-3-6-18-38)63-60(65-61)39-19-7-4-8-20-39/h3-37H,1-2H3. The maximum absolute atomic E-state index is 5.18. The number of para-hydroxylation sites is 2. The Kier molecular flexibility index (Phi) is 7.97. The third-order valence-electron chi connectivity index (χ3n) is 14.3. The summed E-state index contributed by atoms with van der Waals surface area (Å²) in [5.41, 5.74) is 14.9. The lowest BCUT2D eigenvalue weighted by molar-refractivity contribution is 0.662. The number of hydrogen-bond donors (Lipinski definition) is 0. The van der Waals surface area contributed by atoms with Gasteiger partial charge in [-0.15, -0.1) is 0 Å². The van der Waals surface area contributed by atoms with E-state index in [1.807, 2.05) is 36.4 Å². The summed E-state index contributed by atoms with van der Waals surface area (Å²) in [6, 6.07) is 76.7. The van der Waals surface area contributed by atoms with E-state index >= 15 is 0 Å². The molecule has 0 radical (unpaired) electrons. The van der Waals surface area contributed by atoms with Gasteiger partial charge in [-0.2, -0.15) is 0 Å². The van der Waals surface area contributed by atoms with E-state index in [1.165, 1.54) is 71.1 Å². The summed E-state index contributed by atoms with van der Waals surface area (Å²) < 4.78 is 4.93. The van der Waals surface area contributed by atoms with Gasteiger partial charge >= 0.3 is 0 Å². The first kappa shape index (κ1) is 37.7. The molecule has 0 saturated carbocycles. The molecule has 314 valence electrons. The lowest BCUT2D eigenvalue weighted by Gasteiger charge is -2.22. The second kappa shape index (κ2) is 14.2. The molecular formula is C62H41N5. The topological polar surface area (TPSA) is 48.5 Å². The molecule has 0 aliphatic heterocycles. The van der Waals surface area contributed by atoms with Crippen LogP contribution >= 0.6 is 0 Å². The van der Waals surface area contributed by atoms with Crippen molar-refractivity contribution in [3.05, 3.63) is 223 Å². The molecule has 3 aromatic heterocycles. The van der Waals surface area contributed by atoms with E-state index in [-0.39, 0.29) is 5.41 Å². The van der Waals surface area contributed by atoms with Gasteiger partial charge in [-0.1, -0.05) is 159 Å². The number of nitrogens with zero attached hydrogens (tertiary/aromatic N) is 5. The Hall–Kier alpha value is -8.67. The highest BCUT2D eigenvalue weighted by atomic mass is 15.0. The van der Waals surface area contributed by atoms with E-state index in [1.54, 1.807) is 0 Å². The molecule has 1 aliphatic rings. The summed E-state index contributed by atoms with van der Waals surface area (Å²) in [5.74, 6) is 1.92. The van der Waals surface area contributed by atoms with Crippen LogP contribution in [-0.4, -0.2) is 24.1 Å². The summed E-state index contributed by atoms with van der Waals surface area (Å²) >= 11 is 0.